The van der Waals surface area contributed by atoms with Gasteiger partial charge < -0.3 is 24.3 Å². The topological polar surface area (TPSA) is 68.6 Å². The molecule has 1 amide bonds. The minimum Gasteiger partial charge on any atom is -0.445 e. The molecule has 7 nitrogen and oxygen atoms in total. The highest BCUT2D eigenvalue weighted by Crippen LogP contribution is 2.24. The van der Waals surface area contributed by atoms with Gasteiger partial charge in [-0.05, 0) is 43.7 Å². The van der Waals surface area contributed by atoms with Gasteiger partial charge in [0.05, 0.1) is 11.7 Å². The zero-order valence-electron chi connectivity index (χ0n) is 18.5. The highest BCUT2D eigenvalue weighted by atomic mass is 16.5. The van der Waals surface area contributed by atoms with Crippen LogP contribution in [0.2, 0.25) is 0 Å². The fourth-order valence-corrected chi connectivity index (χ4v) is 3.09. The molecule has 0 saturated heterocycles. The Bertz CT molecular complexity index is 968. The van der Waals surface area contributed by atoms with E-state index in [1.165, 1.54) is 0 Å². The summed E-state index contributed by atoms with van der Waals surface area (Å²) in [5.41, 5.74) is 3.77. The minimum atomic E-state index is -0.479. The predicted molar refractivity (Wildman–Crippen MR) is 122 cm³/mol. The fraction of sp³-hybridized carbons (Fsp3) is 0.333. The van der Waals surface area contributed by atoms with Gasteiger partial charge in [-0.2, -0.15) is 0 Å². The molecule has 0 saturated carbocycles. The Balaban J connectivity index is 1.71. The van der Waals surface area contributed by atoms with Crippen molar-refractivity contribution in [2.45, 2.75) is 33.2 Å². The maximum atomic E-state index is 12.2. The van der Waals surface area contributed by atoms with Crippen LogP contribution >= 0.6 is 0 Å². The summed E-state index contributed by atoms with van der Waals surface area (Å²) in [6, 6.07) is 17.5. The molecule has 1 aromatic heterocycles. The van der Waals surface area contributed by atoms with Crippen LogP contribution in [0.25, 0.3) is 11.4 Å². The number of carbonyl (C=O) groups excluding carboxylic acids is 1. The number of ether oxygens (including phenoxy) is 2. The number of aromatic nitrogens is 2. The van der Waals surface area contributed by atoms with Crippen LogP contribution < -0.4 is 10.2 Å². The maximum absolute atomic E-state index is 12.2. The Kier molecular flexibility index (Phi) is 7.67. The first kappa shape index (κ1) is 22.4. The van der Waals surface area contributed by atoms with Crippen molar-refractivity contribution < 1.29 is 14.3 Å². The van der Waals surface area contributed by atoms with Crippen molar-refractivity contribution in [1.82, 2.24) is 14.9 Å². The molecule has 0 aliphatic rings. The minimum absolute atomic E-state index is 0.224. The van der Waals surface area contributed by atoms with E-state index < -0.39 is 6.09 Å². The zero-order valence-corrected chi connectivity index (χ0v) is 18.5. The Morgan fingerprint density at radius 2 is 1.84 bits per heavy atom. The summed E-state index contributed by atoms with van der Waals surface area (Å²) in [6.07, 6.45) is 1.43. The number of rotatable bonds is 9. The summed E-state index contributed by atoms with van der Waals surface area (Å²) >= 11 is 0. The lowest BCUT2D eigenvalue weighted by Gasteiger charge is -2.13. The standard InChI is InChI=1S/C24H30N4O3/c1-5-30-17-28-15-22(26-23(28)20-11-13-21(14-12-20)27(3)4)18(2)25-24(29)31-16-19-9-7-6-8-10-19/h6-15,18H,5,16-17H2,1-4H3,(H,25,29)/t18-/m0/s1. The molecule has 0 unspecified atom stereocenters. The number of imidazole rings is 1. The number of nitrogens with zero attached hydrogens (tertiary/aromatic N) is 3. The second-order valence-corrected chi connectivity index (χ2v) is 7.45. The second-order valence-electron chi connectivity index (χ2n) is 7.45. The molecule has 0 fully saturated rings. The van der Waals surface area contributed by atoms with Crippen LogP contribution in [0.15, 0.2) is 60.8 Å². The summed E-state index contributed by atoms with van der Waals surface area (Å²) in [5.74, 6) is 0.792. The monoisotopic (exact) mass is 422 g/mol. The average Bonchev–Trinajstić information content (AvgIpc) is 3.21. The van der Waals surface area contributed by atoms with Crippen LogP contribution in [0, 0.1) is 0 Å². The van der Waals surface area contributed by atoms with Crippen molar-refractivity contribution in [3.8, 4) is 11.4 Å². The molecular weight excluding hydrogens is 392 g/mol. The molecule has 0 aliphatic carbocycles. The molecule has 0 radical (unpaired) electrons. The lowest BCUT2D eigenvalue weighted by Crippen LogP contribution is -2.27. The van der Waals surface area contributed by atoms with E-state index in [4.69, 9.17) is 14.5 Å². The molecule has 1 N–H and O–H groups in total. The van der Waals surface area contributed by atoms with Gasteiger partial charge >= 0.3 is 6.09 Å². The number of hydrogen-bond donors (Lipinski definition) is 1. The molecule has 0 bridgehead atoms. The molecule has 0 aliphatic heterocycles. The van der Waals surface area contributed by atoms with Gasteiger partial charge in [-0.3, -0.25) is 0 Å². The Labute approximate surface area is 183 Å². The van der Waals surface area contributed by atoms with Crippen molar-refractivity contribution in [3.05, 3.63) is 72.1 Å². The van der Waals surface area contributed by atoms with E-state index in [9.17, 15) is 4.79 Å². The van der Waals surface area contributed by atoms with Crippen LogP contribution in [-0.4, -0.2) is 36.3 Å². The van der Waals surface area contributed by atoms with E-state index in [2.05, 4.69) is 22.3 Å². The van der Waals surface area contributed by atoms with Crippen molar-refractivity contribution in [2.24, 2.45) is 0 Å². The molecule has 164 valence electrons. The van der Waals surface area contributed by atoms with Gasteiger partial charge in [0.2, 0.25) is 0 Å². The number of anilines is 1. The first-order chi connectivity index (χ1) is 15.0. The van der Waals surface area contributed by atoms with Crippen molar-refractivity contribution in [1.29, 1.82) is 0 Å². The van der Waals surface area contributed by atoms with Gasteiger partial charge in [0.1, 0.15) is 19.2 Å². The first-order valence-corrected chi connectivity index (χ1v) is 10.4. The maximum Gasteiger partial charge on any atom is 0.407 e. The summed E-state index contributed by atoms with van der Waals surface area (Å²) in [7, 11) is 4.01. The summed E-state index contributed by atoms with van der Waals surface area (Å²) in [5, 5.41) is 2.85. The summed E-state index contributed by atoms with van der Waals surface area (Å²) < 4.78 is 12.9. The van der Waals surface area contributed by atoms with Gasteiger partial charge in [0, 0.05) is 38.1 Å². The van der Waals surface area contributed by atoms with Crippen LogP contribution in [0.4, 0.5) is 10.5 Å². The van der Waals surface area contributed by atoms with Crippen LogP contribution in [0.1, 0.15) is 31.1 Å². The van der Waals surface area contributed by atoms with E-state index in [0.717, 1.165) is 28.3 Å². The third kappa shape index (κ3) is 6.08. The van der Waals surface area contributed by atoms with E-state index in [0.29, 0.717) is 13.3 Å². The molecule has 3 aromatic rings. The number of carbonyl (C=O) groups is 1. The molecular formula is C24H30N4O3. The smallest absolute Gasteiger partial charge is 0.407 e. The number of nitrogens with one attached hydrogen (secondary N) is 1. The molecule has 2 aromatic carbocycles. The molecule has 7 heteroatoms. The quantitative estimate of drug-likeness (QED) is 0.546. The Morgan fingerprint density at radius 1 is 1.13 bits per heavy atom. The Morgan fingerprint density at radius 3 is 2.48 bits per heavy atom. The van der Waals surface area contributed by atoms with E-state index in [1.807, 2.05) is 81.2 Å². The van der Waals surface area contributed by atoms with Crippen LogP contribution in [0.3, 0.4) is 0 Å². The van der Waals surface area contributed by atoms with E-state index in [-0.39, 0.29) is 12.6 Å². The zero-order chi connectivity index (χ0) is 22.2. The molecule has 31 heavy (non-hydrogen) atoms. The number of amides is 1. The lowest BCUT2D eigenvalue weighted by molar-refractivity contribution is 0.0888. The molecule has 1 atom stereocenters. The van der Waals surface area contributed by atoms with Crippen molar-refractivity contribution in [3.63, 3.8) is 0 Å². The van der Waals surface area contributed by atoms with Crippen molar-refractivity contribution >= 4 is 11.8 Å². The SMILES string of the molecule is CCOCn1cc([C@H](C)NC(=O)OCc2ccccc2)nc1-c1ccc(N(C)C)cc1. The highest BCUT2D eigenvalue weighted by Gasteiger charge is 2.17. The highest BCUT2D eigenvalue weighted by molar-refractivity contribution is 5.68. The average molecular weight is 423 g/mol. The van der Waals surface area contributed by atoms with Crippen molar-refractivity contribution in [2.75, 3.05) is 25.6 Å². The largest absolute Gasteiger partial charge is 0.445 e. The normalized spacial score (nSPS) is 11.7. The second kappa shape index (κ2) is 10.6. The van der Waals surface area contributed by atoms with Crippen LogP contribution in [-0.2, 0) is 22.8 Å². The predicted octanol–water partition coefficient (Wildman–Crippen LogP) is 4.60. The number of benzene rings is 2. The van der Waals surface area contributed by atoms with Gasteiger partial charge in [0.15, 0.2) is 0 Å². The van der Waals surface area contributed by atoms with Gasteiger partial charge in [0.25, 0.3) is 0 Å². The summed E-state index contributed by atoms with van der Waals surface area (Å²) in [6.45, 7) is 5.06. The molecule has 3 rings (SSSR count). The molecule has 1 heterocycles. The number of alkyl carbamates (subject to hydrolysis) is 1. The lowest BCUT2D eigenvalue weighted by atomic mass is 10.2. The van der Waals surface area contributed by atoms with Gasteiger partial charge in [-0.25, -0.2) is 9.78 Å². The Hall–Kier alpha value is -3.32. The van der Waals surface area contributed by atoms with E-state index in [1.54, 1.807) is 0 Å². The third-order valence-electron chi connectivity index (χ3n) is 4.86. The van der Waals surface area contributed by atoms with Crippen LogP contribution in [0.5, 0.6) is 0 Å². The molecule has 0 spiro atoms. The van der Waals surface area contributed by atoms with E-state index >= 15 is 0 Å². The summed E-state index contributed by atoms with van der Waals surface area (Å²) in [4.78, 5) is 19.1. The number of hydrogen-bond acceptors (Lipinski definition) is 5. The first-order valence-electron chi connectivity index (χ1n) is 10.4. The fourth-order valence-electron chi connectivity index (χ4n) is 3.09. The van der Waals surface area contributed by atoms with Gasteiger partial charge in [-0.1, -0.05) is 30.3 Å². The third-order valence-corrected chi connectivity index (χ3v) is 4.86. The van der Waals surface area contributed by atoms with Gasteiger partial charge in [-0.15, -0.1) is 0 Å².